The minimum atomic E-state index is -1.13. The molecule has 2 saturated heterocycles. The second kappa shape index (κ2) is 9.86. The normalized spacial score (nSPS) is 32.0. The molecule has 9 heteroatoms. The number of hydrogen-bond acceptors (Lipinski definition) is 6. The Balaban J connectivity index is 0.959. The van der Waals surface area contributed by atoms with Gasteiger partial charge in [0.05, 0.1) is 18.9 Å². The smallest absolute Gasteiger partial charge is 0.328 e. The van der Waals surface area contributed by atoms with Crippen LogP contribution in [-0.2, 0) is 16.8 Å². The summed E-state index contributed by atoms with van der Waals surface area (Å²) in [5, 5.41) is 19.6. The van der Waals surface area contributed by atoms with E-state index in [1.165, 1.54) is 42.3 Å². The fourth-order valence-electron chi connectivity index (χ4n) is 9.41. The number of aliphatic hydroxyl groups is 1. The topological polar surface area (TPSA) is 96.7 Å². The molecular weight excluding hydrogens is 547 g/mol. The van der Waals surface area contributed by atoms with Gasteiger partial charge in [-0.1, -0.05) is 24.3 Å². The summed E-state index contributed by atoms with van der Waals surface area (Å²) >= 11 is 0. The first-order chi connectivity index (χ1) is 20.8. The summed E-state index contributed by atoms with van der Waals surface area (Å²) in [6.07, 6.45) is 9.36. The van der Waals surface area contributed by atoms with Gasteiger partial charge in [-0.2, -0.15) is 0 Å². The quantitative estimate of drug-likeness (QED) is 0.487. The zero-order valence-corrected chi connectivity index (χ0v) is 24.4. The molecule has 43 heavy (non-hydrogen) atoms. The predicted octanol–water partition coefficient (Wildman–Crippen LogP) is 3.90. The van der Waals surface area contributed by atoms with E-state index in [4.69, 9.17) is 0 Å². The Morgan fingerprint density at radius 1 is 1.05 bits per heavy atom. The van der Waals surface area contributed by atoms with Gasteiger partial charge in [0.1, 0.15) is 11.9 Å². The van der Waals surface area contributed by atoms with E-state index in [1.807, 2.05) is 12.1 Å². The maximum atomic E-state index is 15.5. The van der Waals surface area contributed by atoms with Gasteiger partial charge >= 0.3 is 5.97 Å². The maximum Gasteiger partial charge on any atom is 0.328 e. The molecule has 1 amide bonds. The Morgan fingerprint density at radius 3 is 2.49 bits per heavy atom. The van der Waals surface area contributed by atoms with Gasteiger partial charge in [-0.15, -0.1) is 0 Å². The van der Waals surface area contributed by atoms with Crippen LogP contribution in [0.5, 0.6) is 0 Å². The molecule has 3 aliphatic carbocycles. The Kier molecular flexibility index (Phi) is 6.25. The van der Waals surface area contributed by atoms with Crippen molar-refractivity contribution in [3.8, 4) is 11.1 Å². The SMILES string of the molecule is O=C(O)C(C1N=CN2CCCC12)N1Cc2c(F)cc(-c3ccc(C45CC(CN6CCC(CO)CC6)(C4)C5)cc3)cc2C1=O. The van der Waals surface area contributed by atoms with Crippen LogP contribution in [0.3, 0.4) is 0 Å². The molecule has 3 atom stereocenters. The number of aliphatic hydroxyl groups excluding tert-OH is 1. The zero-order valence-electron chi connectivity index (χ0n) is 24.4. The number of likely N-dealkylation sites (tertiary alicyclic amines) is 1. The van der Waals surface area contributed by atoms with Crippen LogP contribution in [0.1, 0.15) is 66.4 Å². The Labute approximate surface area is 251 Å². The van der Waals surface area contributed by atoms with Gasteiger partial charge in [0, 0.05) is 30.8 Å². The summed E-state index contributed by atoms with van der Waals surface area (Å²) < 4.78 is 15.5. The number of fused-ring (bicyclic) bond motifs is 2. The van der Waals surface area contributed by atoms with Crippen molar-refractivity contribution in [1.82, 2.24) is 14.7 Å². The Morgan fingerprint density at radius 2 is 1.79 bits per heavy atom. The molecule has 3 unspecified atom stereocenters. The van der Waals surface area contributed by atoms with Crippen LogP contribution in [0, 0.1) is 17.2 Å². The molecule has 2 N–H and O–H groups in total. The van der Waals surface area contributed by atoms with Crippen LogP contribution in [0.4, 0.5) is 4.39 Å². The van der Waals surface area contributed by atoms with Crippen molar-refractivity contribution in [3.63, 3.8) is 0 Å². The van der Waals surface area contributed by atoms with E-state index in [-0.39, 0.29) is 29.1 Å². The maximum absolute atomic E-state index is 15.5. The molecule has 0 spiro atoms. The number of carboxylic acids is 1. The highest BCUT2D eigenvalue weighted by atomic mass is 19.1. The molecule has 0 radical (unpaired) electrons. The highest BCUT2D eigenvalue weighted by Gasteiger charge is 2.68. The molecule has 8 nitrogen and oxygen atoms in total. The van der Waals surface area contributed by atoms with Crippen LogP contribution in [0.25, 0.3) is 11.1 Å². The summed E-state index contributed by atoms with van der Waals surface area (Å²) in [5.41, 5.74) is 4.02. The zero-order chi connectivity index (χ0) is 29.5. The van der Waals surface area contributed by atoms with Crippen LogP contribution < -0.4 is 0 Å². The molecule has 226 valence electrons. The minimum absolute atomic E-state index is 0.0307. The van der Waals surface area contributed by atoms with Crippen LogP contribution >= 0.6 is 0 Å². The van der Waals surface area contributed by atoms with Crippen molar-refractivity contribution in [2.45, 2.75) is 75.0 Å². The fraction of sp³-hybridized carbons (Fsp3) is 0.559. The van der Waals surface area contributed by atoms with Gasteiger partial charge in [-0.3, -0.25) is 9.79 Å². The first kappa shape index (κ1) is 27.3. The second-order valence-corrected chi connectivity index (χ2v) is 14.2. The van der Waals surface area contributed by atoms with Crippen molar-refractivity contribution in [3.05, 3.63) is 58.9 Å². The Bertz CT molecular complexity index is 1480. The summed E-state index contributed by atoms with van der Waals surface area (Å²) in [6, 6.07) is 9.87. The number of aliphatic imine (C=N–C) groups is 1. The number of carboxylic acid groups (broad SMARTS) is 1. The van der Waals surface area contributed by atoms with Gasteiger partial charge < -0.3 is 24.9 Å². The van der Waals surface area contributed by atoms with Crippen molar-refractivity contribution in [2.24, 2.45) is 16.3 Å². The average Bonchev–Trinajstić information content (AvgIpc) is 3.67. The van der Waals surface area contributed by atoms with Gasteiger partial charge in [0.25, 0.3) is 5.91 Å². The molecule has 2 aromatic rings. The molecule has 2 aromatic carbocycles. The highest BCUT2D eigenvalue weighted by molar-refractivity contribution is 6.01. The van der Waals surface area contributed by atoms with Crippen molar-refractivity contribution in [1.29, 1.82) is 0 Å². The van der Waals surface area contributed by atoms with E-state index in [9.17, 15) is 19.8 Å². The van der Waals surface area contributed by atoms with Crippen LogP contribution in [-0.4, -0.2) is 94.0 Å². The predicted molar refractivity (Wildman–Crippen MR) is 159 cm³/mol. The van der Waals surface area contributed by atoms with E-state index in [0.29, 0.717) is 23.5 Å². The lowest BCUT2D eigenvalue weighted by atomic mass is 9.33. The summed E-state index contributed by atoms with van der Waals surface area (Å²) in [4.78, 5) is 36.4. The number of rotatable bonds is 8. The minimum Gasteiger partial charge on any atom is -0.480 e. The van der Waals surface area contributed by atoms with Gasteiger partial charge in [0.15, 0.2) is 6.04 Å². The number of piperidine rings is 1. The lowest BCUT2D eigenvalue weighted by Gasteiger charge is -2.72. The number of carbonyl (C=O) groups is 2. The lowest BCUT2D eigenvalue weighted by molar-refractivity contribution is -0.158. The van der Waals surface area contributed by atoms with Gasteiger partial charge in [-0.05, 0) is 104 Å². The molecular formula is C34H39FN4O4. The largest absolute Gasteiger partial charge is 0.480 e. The standard InChI is InChI=1S/C34H39FN4O4/c35-27-13-23(12-25-26(27)14-39(31(25)41)30(32(42)43)29-28-2-1-9-38(28)20-36-29)22-3-5-24(6-4-22)34-16-33(17-34,18-34)19-37-10-7-21(15-40)8-11-37/h3-6,12-13,20-21,28-30,40H,1-2,7-11,14-19H2,(H,42,43). The lowest BCUT2D eigenvalue weighted by Crippen LogP contribution is -2.68. The first-order valence-electron chi connectivity index (χ1n) is 15.9. The first-order valence-corrected chi connectivity index (χ1v) is 15.9. The van der Waals surface area contributed by atoms with E-state index < -0.39 is 29.8 Å². The number of hydrogen-bond donors (Lipinski definition) is 2. The van der Waals surface area contributed by atoms with E-state index >= 15 is 4.39 Å². The van der Waals surface area contributed by atoms with E-state index in [2.05, 4.69) is 26.9 Å². The van der Waals surface area contributed by atoms with Gasteiger partial charge in [0.2, 0.25) is 0 Å². The molecule has 0 aromatic heterocycles. The molecule has 4 aliphatic heterocycles. The summed E-state index contributed by atoms with van der Waals surface area (Å²) in [5.74, 6) is -1.55. The van der Waals surface area contributed by atoms with Crippen molar-refractivity contribution >= 4 is 18.2 Å². The molecule has 5 fully saturated rings. The van der Waals surface area contributed by atoms with E-state index in [0.717, 1.165) is 50.9 Å². The van der Waals surface area contributed by atoms with Gasteiger partial charge in [-0.25, -0.2) is 9.18 Å². The highest BCUT2D eigenvalue weighted by Crippen LogP contribution is 2.73. The number of aliphatic carboxylic acids is 1. The molecule has 3 saturated carbocycles. The Hall–Kier alpha value is -3.30. The molecule has 4 heterocycles. The third-order valence-electron chi connectivity index (χ3n) is 11.5. The van der Waals surface area contributed by atoms with Crippen LogP contribution in [0.2, 0.25) is 0 Å². The fourth-order valence-corrected chi connectivity index (χ4v) is 9.41. The third-order valence-corrected chi connectivity index (χ3v) is 11.5. The van der Waals surface area contributed by atoms with Crippen molar-refractivity contribution < 1.29 is 24.2 Å². The molecule has 7 aliphatic rings. The number of halogens is 1. The number of carbonyl (C=O) groups excluding carboxylic acids is 1. The number of amides is 1. The average molecular weight is 587 g/mol. The monoisotopic (exact) mass is 586 g/mol. The summed E-state index contributed by atoms with van der Waals surface area (Å²) in [6.45, 7) is 4.45. The van der Waals surface area contributed by atoms with Crippen LogP contribution in [0.15, 0.2) is 41.4 Å². The van der Waals surface area contributed by atoms with Crippen molar-refractivity contribution in [2.75, 3.05) is 32.8 Å². The molecule has 2 bridgehead atoms. The third kappa shape index (κ3) is 4.25. The number of benzene rings is 2. The number of nitrogens with zero attached hydrogens (tertiary/aromatic N) is 4. The van der Waals surface area contributed by atoms with E-state index in [1.54, 1.807) is 12.4 Å². The molecule has 9 rings (SSSR count). The second-order valence-electron chi connectivity index (χ2n) is 14.2. The summed E-state index contributed by atoms with van der Waals surface area (Å²) in [7, 11) is 0.